The zero-order valence-electron chi connectivity index (χ0n) is 17.2. The molecule has 0 aliphatic carbocycles. The fourth-order valence-corrected chi connectivity index (χ4v) is 3.86. The van der Waals surface area contributed by atoms with E-state index in [0.717, 1.165) is 17.0 Å². The van der Waals surface area contributed by atoms with Gasteiger partial charge < -0.3 is 10.2 Å². The number of nitro groups is 1. The van der Waals surface area contributed by atoms with Crippen molar-refractivity contribution in [2.45, 2.75) is 6.04 Å². The van der Waals surface area contributed by atoms with Crippen molar-refractivity contribution in [2.75, 3.05) is 4.90 Å². The third-order valence-electron chi connectivity index (χ3n) is 5.35. The van der Waals surface area contributed by atoms with Crippen molar-refractivity contribution in [3.63, 3.8) is 0 Å². The number of nitro benzene ring substituents is 1. The molecular formula is C24H14ClN3O6. The van der Waals surface area contributed by atoms with E-state index in [2.05, 4.69) is 0 Å². The number of nitrogens with zero attached hydrogens (tertiary/aromatic N) is 3. The molecule has 10 heteroatoms. The highest BCUT2D eigenvalue weighted by atomic mass is 35.5. The van der Waals surface area contributed by atoms with Crippen molar-refractivity contribution in [3.8, 4) is 11.8 Å². The standard InChI is InChI=1S/C24H14ClN3O6/c25-16-6-3-14(4-7-16)22(30)20-21(15-5-10-19(29)18(11-15)28(33)34)27(24(32)23(20)31)17-8-1-13(12-26)2-9-17/h1-11,21,29-30H/b22-20-. The molecule has 1 amide bonds. The fourth-order valence-electron chi connectivity index (χ4n) is 3.73. The number of phenols is 1. The van der Waals surface area contributed by atoms with Crippen molar-refractivity contribution in [1.82, 2.24) is 0 Å². The number of benzene rings is 3. The van der Waals surface area contributed by atoms with Crippen LogP contribution in [0.1, 0.15) is 22.7 Å². The third-order valence-corrected chi connectivity index (χ3v) is 5.60. The number of hydrogen-bond donors (Lipinski definition) is 2. The van der Waals surface area contributed by atoms with Crippen LogP contribution in [0.15, 0.2) is 72.3 Å². The number of halogens is 1. The second-order valence-corrected chi connectivity index (χ2v) is 7.78. The minimum atomic E-state index is -1.25. The largest absolute Gasteiger partial charge is 0.507 e. The highest BCUT2D eigenvalue weighted by Crippen LogP contribution is 2.44. The summed E-state index contributed by atoms with van der Waals surface area (Å²) < 4.78 is 0. The molecule has 1 aliphatic rings. The molecule has 0 spiro atoms. The number of Topliss-reactive ketones (excluding diaryl/α,β-unsaturated/α-hetero) is 1. The van der Waals surface area contributed by atoms with Gasteiger partial charge in [0.05, 0.1) is 28.2 Å². The van der Waals surface area contributed by atoms with Gasteiger partial charge in [-0.25, -0.2) is 0 Å². The number of aliphatic hydroxyl groups is 1. The predicted molar refractivity (Wildman–Crippen MR) is 122 cm³/mol. The Hall–Kier alpha value is -4.68. The molecule has 168 valence electrons. The maximum Gasteiger partial charge on any atom is 0.311 e. The van der Waals surface area contributed by atoms with Crippen LogP contribution in [-0.4, -0.2) is 26.8 Å². The van der Waals surface area contributed by atoms with Gasteiger partial charge in [0.1, 0.15) is 5.76 Å². The number of anilines is 1. The number of aromatic hydroxyl groups is 1. The summed E-state index contributed by atoms with van der Waals surface area (Å²) in [7, 11) is 0. The van der Waals surface area contributed by atoms with Crippen molar-refractivity contribution in [1.29, 1.82) is 5.26 Å². The van der Waals surface area contributed by atoms with Gasteiger partial charge in [-0.05, 0) is 60.2 Å². The van der Waals surface area contributed by atoms with E-state index in [1.165, 1.54) is 54.6 Å². The highest BCUT2D eigenvalue weighted by Gasteiger charge is 2.47. The Balaban J connectivity index is 1.97. The van der Waals surface area contributed by atoms with Gasteiger partial charge >= 0.3 is 5.69 Å². The Morgan fingerprint density at radius 2 is 1.71 bits per heavy atom. The van der Waals surface area contributed by atoms with Gasteiger partial charge in [0.25, 0.3) is 11.7 Å². The van der Waals surface area contributed by atoms with Crippen LogP contribution in [0.25, 0.3) is 5.76 Å². The van der Waals surface area contributed by atoms with Crippen molar-refractivity contribution in [3.05, 3.63) is 104 Å². The maximum atomic E-state index is 13.1. The number of carbonyl (C=O) groups excluding carboxylic acids is 2. The summed E-state index contributed by atoms with van der Waals surface area (Å²) in [5, 5.41) is 41.8. The van der Waals surface area contributed by atoms with E-state index in [0.29, 0.717) is 10.6 Å². The molecule has 0 radical (unpaired) electrons. The molecule has 3 aromatic rings. The van der Waals surface area contributed by atoms with Gasteiger partial charge in [-0.2, -0.15) is 5.26 Å². The molecule has 1 saturated heterocycles. The van der Waals surface area contributed by atoms with Crippen molar-refractivity contribution in [2.24, 2.45) is 0 Å². The molecule has 34 heavy (non-hydrogen) atoms. The first-order chi connectivity index (χ1) is 16.2. The van der Waals surface area contributed by atoms with E-state index < -0.39 is 39.9 Å². The lowest BCUT2D eigenvalue weighted by Gasteiger charge is -2.25. The van der Waals surface area contributed by atoms with Crippen LogP contribution < -0.4 is 4.90 Å². The zero-order chi connectivity index (χ0) is 24.6. The Kier molecular flexibility index (Phi) is 5.75. The summed E-state index contributed by atoms with van der Waals surface area (Å²) in [5.41, 5.74) is -0.0505. The van der Waals surface area contributed by atoms with Crippen LogP contribution in [0.2, 0.25) is 5.02 Å². The topological polar surface area (TPSA) is 145 Å². The van der Waals surface area contributed by atoms with Gasteiger partial charge in [0, 0.05) is 22.3 Å². The van der Waals surface area contributed by atoms with Gasteiger partial charge in [0.15, 0.2) is 5.75 Å². The smallest absolute Gasteiger partial charge is 0.311 e. The summed E-state index contributed by atoms with van der Waals surface area (Å²) in [4.78, 5) is 37.9. The normalized spacial score (nSPS) is 16.9. The van der Waals surface area contributed by atoms with E-state index >= 15 is 0 Å². The number of hydrogen-bond acceptors (Lipinski definition) is 7. The van der Waals surface area contributed by atoms with Gasteiger partial charge in [0.2, 0.25) is 0 Å². The monoisotopic (exact) mass is 475 g/mol. The molecule has 1 atom stereocenters. The lowest BCUT2D eigenvalue weighted by molar-refractivity contribution is -0.385. The van der Waals surface area contributed by atoms with E-state index in [4.69, 9.17) is 16.9 Å². The molecule has 2 N–H and O–H groups in total. The summed E-state index contributed by atoms with van der Waals surface area (Å²) in [6.45, 7) is 0. The molecular weight excluding hydrogens is 462 g/mol. The Bertz CT molecular complexity index is 1410. The Labute approximate surface area is 197 Å². The zero-order valence-corrected chi connectivity index (χ0v) is 17.9. The SMILES string of the molecule is N#Cc1ccc(N2C(=O)C(=O)/C(=C(\O)c3ccc(Cl)cc3)C2c2ccc(O)c([N+](=O)[O-])c2)cc1. The quantitative estimate of drug-likeness (QED) is 0.186. The van der Waals surface area contributed by atoms with Gasteiger partial charge in [-0.15, -0.1) is 0 Å². The van der Waals surface area contributed by atoms with Crippen molar-refractivity contribution >= 4 is 40.4 Å². The first-order valence-electron chi connectivity index (χ1n) is 9.77. The fraction of sp³-hybridized carbons (Fsp3) is 0.0417. The molecule has 0 saturated carbocycles. The molecule has 1 fully saturated rings. The maximum absolute atomic E-state index is 13.1. The second kappa shape index (κ2) is 8.69. The summed E-state index contributed by atoms with van der Waals surface area (Å²) >= 11 is 5.90. The van der Waals surface area contributed by atoms with Gasteiger partial charge in [-0.1, -0.05) is 17.7 Å². The number of aliphatic hydroxyl groups excluding tert-OH is 1. The molecule has 1 unspecified atom stereocenters. The highest BCUT2D eigenvalue weighted by molar-refractivity contribution is 6.51. The van der Waals surface area contributed by atoms with E-state index in [1.807, 2.05) is 6.07 Å². The second-order valence-electron chi connectivity index (χ2n) is 7.34. The Morgan fingerprint density at radius 1 is 1.06 bits per heavy atom. The number of amides is 1. The number of nitriles is 1. The van der Waals surface area contributed by atoms with Crippen LogP contribution >= 0.6 is 11.6 Å². The minimum absolute atomic E-state index is 0.114. The summed E-state index contributed by atoms with van der Waals surface area (Å²) in [6.07, 6.45) is 0. The van der Waals surface area contributed by atoms with Crippen LogP contribution in [0.5, 0.6) is 5.75 Å². The van der Waals surface area contributed by atoms with E-state index in [-0.39, 0.29) is 22.4 Å². The summed E-state index contributed by atoms with van der Waals surface area (Å²) in [5.74, 6) is -3.06. The predicted octanol–water partition coefficient (Wildman–Crippen LogP) is 4.45. The third kappa shape index (κ3) is 3.83. The number of phenolic OH excluding ortho intramolecular Hbond substituents is 1. The molecule has 0 bridgehead atoms. The molecule has 9 nitrogen and oxygen atoms in total. The van der Waals surface area contributed by atoms with Crippen LogP contribution in [0, 0.1) is 21.4 Å². The van der Waals surface area contributed by atoms with E-state index in [9.17, 15) is 29.9 Å². The molecule has 1 aliphatic heterocycles. The van der Waals surface area contributed by atoms with Crippen LogP contribution in [-0.2, 0) is 9.59 Å². The molecule has 1 heterocycles. The van der Waals surface area contributed by atoms with Gasteiger partial charge in [-0.3, -0.25) is 24.6 Å². The summed E-state index contributed by atoms with van der Waals surface area (Å²) in [6, 6.07) is 15.9. The number of ketones is 1. The first kappa shape index (κ1) is 22.5. The number of rotatable bonds is 4. The lowest BCUT2D eigenvalue weighted by atomic mass is 9.94. The minimum Gasteiger partial charge on any atom is -0.507 e. The lowest BCUT2D eigenvalue weighted by Crippen LogP contribution is -2.29. The molecule has 3 aromatic carbocycles. The molecule has 0 aromatic heterocycles. The van der Waals surface area contributed by atoms with Crippen LogP contribution in [0.4, 0.5) is 11.4 Å². The molecule has 4 rings (SSSR count). The van der Waals surface area contributed by atoms with Crippen LogP contribution in [0.3, 0.4) is 0 Å². The number of carbonyl (C=O) groups is 2. The average Bonchev–Trinajstić information content (AvgIpc) is 3.09. The van der Waals surface area contributed by atoms with Crippen molar-refractivity contribution < 1.29 is 24.7 Å². The average molecular weight is 476 g/mol. The Morgan fingerprint density at radius 3 is 2.29 bits per heavy atom. The first-order valence-corrected chi connectivity index (χ1v) is 10.1. The van der Waals surface area contributed by atoms with E-state index in [1.54, 1.807) is 0 Å².